The molecule has 1 aromatic rings. The first-order chi connectivity index (χ1) is 8.25. The van der Waals surface area contributed by atoms with Gasteiger partial charge in [0.2, 0.25) is 6.54 Å². The third-order valence-corrected chi connectivity index (χ3v) is 2.05. The van der Waals surface area contributed by atoms with E-state index in [1.54, 1.807) is 0 Å². The van der Waals surface area contributed by atoms with Gasteiger partial charge in [-0.2, -0.15) is 18.4 Å². The van der Waals surface area contributed by atoms with Crippen LogP contribution in [0.15, 0.2) is 0 Å². The van der Waals surface area contributed by atoms with Crippen LogP contribution >= 0.6 is 0 Å². The fourth-order valence-electron chi connectivity index (χ4n) is 1.30. The highest BCUT2D eigenvalue weighted by molar-refractivity contribution is 5.45. The predicted octanol–water partition coefficient (Wildman–Crippen LogP) is 3.41. The molecule has 0 aliphatic heterocycles. The van der Waals surface area contributed by atoms with Crippen LogP contribution in [0, 0.1) is 35.4 Å². The second-order valence-corrected chi connectivity index (χ2v) is 3.10. The summed E-state index contributed by atoms with van der Waals surface area (Å²) in [6.07, 6.45) is -5.47. The lowest BCUT2D eigenvalue weighted by Crippen LogP contribution is -2.16. The number of rotatable bonds is 1. The molecule has 18 heavy (non-hydrogen) atoms. The van der Waals surface area contributed by atoms with E-state index in [2.05, 4.69) is 4.85 Å². The molecule has 8 heteroatoms. The molecule has 0 spiro atoms. The van der Waals surface area contributed by atoms with Crippen molar-refractivity contribution < 1.29 is 26.3 Å². The quantitative estimate of drug-likeness (QED) is 0.434. The molecule has 0 radical (unpaired) electrons. The Balaban J connectivity index is 3.79. The zero-order valence-electron chi connectivity index (χ0n) is 8.37. The Kier molecular flexibility index (Phi) is 3.52. The molecule has 1 aromatic carbocycles. The molecule has 0 saturated heterocycles. The van der Waals surface area contributed by atoms with Crippen molar-refractivity contribution in [2.75, 3.05) is 0 Å². The van der Waals surface area contributed by atoms with Crippen molar-refractivity contribution in [1.29, 1.82) is 5.26 Å². The normalized spacial score (nSPS) is 10.9. The summed E-state index contributed by atoms with van der Waals surface area (Å²) in [6.45, 7) is 5.48. The second kappa shape index (κ2) is 4.57. The molecule has 1 rings (SSSR count). The van der Waals surface area contributed by atoms with Crippen LogP contribution in [0.5, 0.6) is 0 Å². The zero-order chi connectivity index (χ0) is 14.1. The van der Waals surface area contributed by atoms with Crippen molar-refractivity contribution in [3.05, 3.63) is 45.6 Å². The first-order valence-corrected chi connectivity index (χ1v) is 4.25. The highest BCUT2D eigenvalue weighted by Crippen LogP contribution is 2.37. The summed E-state index contributed by atoms with van der Waals surface area (Å²) < 4.78 is 76.6. The smallest absolute Gasteiger partial charge is 0.312 e. The summed E-state index contributed by atoms with van der Waals surface area (Å²) in [7, 11) is 0. The van der Waals surface area contributed by atoms with Crippen LogP contribution in [0.25, 0.3) is 4.85 Å². The zero-order valence-corrected chi connectivity index (χ0v) is 8.37. The predicted molar refractivity (Wildman–Crippen MR) is 46.3 cm³/mol. The van der Waals surface area contributed by atoms with Gasteiger partial charge in [-0.05, 0) is 0 Å². The topological polar surface area (TPSA) is 28.1 Å². The summed E-state index contributed by atoms with van der Waals surface area (Å²) in [4.78, 5) is 2.59. The van der Waals surface area contributed by atoms with Gasteiger partial charge in [-0.15, -0.1) is 0 Å². The van der Waals surface area contributed by atoms with Crippen LogP contribution in [0.2, 0.25) is 0 Å². The standard InChI is InChI=1S/C10H2F6N2/c1-18-3-5-4(2-17)7(11)6(10(14,15)16)9(13)8(5)12/h3H2. The maximum atomic E-state index is 13.3. The Labute approximate surface area is 96.9 Å². The number of benzene rings is 1. The molecule has 0 saturated carbocycles. The van der Waals surface area contributed by atoms with E-state index in [9.17, 15) is 26.3 Å². The molecule has 0 atom stereocenters. The molecule has 0 fully saturated rings. The van der Waals surface area contributed by atoms with Gasteiger partial charge in [0.1, 0.15) is 17.2 Å². The summed E-state index contributed by atoms with van der Waals surface area (Å²) in [5, 5.41) is 8.48. The van der Waals surface area contributed by atoms with E-state index in [0.717, 1.165) is 6.07 Å². The van der Waals surface area contributed by atoms with E-state index < -0.39 is 46.9 Å². The molecule has 0 aliphatic rings. The number of hydrogen-bond acceptors (Lipinski definition) is 1. The van der Waals surface area contributed by atoms with Gasteiger partial charge in [-0.25, -0.2) is 19.7 Å². The van der Waals surface area contributed by atoms with Crippen molar-refractivity contribution in [2.45, 2.75) is 12.7 Å². The molecule has 0 aliphatic carbocycles. The summed E-state index contributed by atoms with van der Waals surface area (Å²) >= 11 is 0. The van der Waals surface area contributed by atoms with E-state index in [1.165, 1.54) is 0 Å². The molecule has 0 unspecified atom stereocenters. The molecule has 0 amide bonds. The van der Waals surface area contributed by atoms with Gasteiger partial charge >= 0.3 is 6.18 Å². The van der Waals surface area contributed by atoms with E-state index in [-0.39, 0.29) is 0 Å². The summed E-state index contributed by atoms with van der Waals surface area (Å²) in [5.74, 6) is -6.68. The van der Waals surface area contributed by atoms with Crippen LogP contribution in [-0.2, 0) is 12.7 Å². The fourth-order valence-corrected chi connectivity index (χ4v) is 1.30. The van der Waals surface area contributed by atoms with Gasteiger partial charge in [0.15, 0.2) is 17.5 Å². The van der Waals surface area contributed by atoms with Crippen molar-refractivity contribution in [2.24, 2.45) is 0 Å². The van der Waals surface area contributed by atoms with Crippen molar-refractivity contribution in [3.8, 4) is 6.07 Å². The number of hydrogen-bond donors (Lipinski definition) is 0. The summed E-state index contributed by atoms with van der Waals surface area (Å²) in [5.41, 5.74) is -4.79. The molecular weight excluding hydrogens is 262 g/mol. The number of nitriles is 1. The van der Waals surface area contributed by atoms with Crippen LogP contribution in [0.3, 0.4) is 0 Å². The Morgan fingerprint density at radius 2 is 1.67 bits per heavy atom. The van der Waals surface area contributed by atoms with Gasteiger partial charge in [-0.1, -0.05) is 0 Å². The third kappa shape index (κ3) is 2.09. The molecule has 94 valence electrons. The van der Waals surface area contributed by atoms with Crippen LogP contribution in [-0.4, -0.2) is 0 Å². The molecule has 0 bridgehead atoms. The Bertz CT molecular complexity index is 576. The Morgan fingerprint density at radius 1 is 1.11 bits per heavy atom. The number of alkyl halides is 3. The van der Waals surface area contributed by atoms with E-state index in [4.69, 9.17) is 11.8 Å². The highest BCUT2D eigenvalue weighted by Gasteiger charge is 2.42. The molecule has 0 N–H and O–H groups in total. The molecular formula is C10H2F6N2. The third-order valence-electron chi connectivity index (χ3n) is 2.05. The van der Waals surface area contributed by atoms with E-state index >= 15 is 0 Å². The van der Waals surface area contributed by atoms with E-state index in [0.29, 0.717) is 0 Å². The van der Waals surface area contributed by atoms with Gasteiger partial charge < -0.3 is 4.85 Å². The maximum absolute atomic E-state index is 13.3. The average Bonchev–Trinajstić information content (AvgIpc) is 2.24. The molecule has 0 aromatic heterocycles. The van der Waals surface area contributed by atoms with Gasteiger partial charge in [0, 0.05) is 0 Å². The first kappa shape index (κ1) is 13.8. The minimum Gasteiger partial charge on any atom is -0.312 e. The van der Waals surface area contributed by atoms with Crippen molar-refractivity contribution >= 4 is 0 Å². The monoisotopic (exact) mass is 264 g/mol. The maximum Gasteiger partial charge on any atom is 0.422 e. The Hall–Kier alpha value is -2.22. The average molecular weight is 264 g/mol. The fraction of sp³-hybridized carbons (Fsp3) is 0.200. The lowest BCUT2D eigenvalue weighted by Gasteiger charge is -2.12. The van der Waals surface area contributed by atoms with Crippen LogP contribution in [0.4, 0.5) is 26.3 Å². The van der Waals surface area contributed by atoms with Crippen molar-refractivity contribution in [3.63, 3.8) is 0 Å². The largest absolute Gasteiger partial charge is 0.422 e. The molecule has 2 nitrogen and oxygen atoms in total. The lowest BCUT2D eigenvalue weighted by molar-refractivity contribution is -0.142. The minimum absolute atomic E-state index is 0.930. The van der Waals surface area contributed by atoms with Gasteiger partial charge in [0.25, 0.3) is 0 Å². The lowest BCUT2D eigenvalue weighted by atomic mass is 10.0. The van der Waals surface area contributed by atoms with Gasteiger partial charge in [0.05, 0.1) is 5.56 Å². The second-order valence-electron chi connectivity index (χ2n) is 3.10. The van der Waals surface area contributed by atoms with Crippen LogP contribution in [0.1, 0.15) is 16.7 Å². The first-order valence-electron chi connectivity index (χ1n) is 4.25. The van der Waals surface area contributed by atoms with E-state index in [1.807, 2.05) is 0 Å². The Morgan fingerprint density at radius 3 is 2.06 bits per heavy atom. The number of halogens is 6. The number of nitrogens with zero attached hydrogens (tertiary/aromatic N) is 2. The van der Waals surface area contributed by atoms with Gasteiger partial charge in [-0.3, -0.25) is 0 Å². The van der Waals surface area contributed by atoms with Crippen molar-refractivity contribution in [1.82, 2.24) is 0 Å². The highest BCUT2D eigenvalue weighted by atomic mass is 19.4. The summed E-state index contributed by atoms with van der Waals surface area (Å²) in [6, 6.07) is 1.00. The minimum atomic E-state index is -5.47. The SMILES string of the molecule is [C-]#[N+]Cc1c(F)c(F)c(C(F)(F)F)c(F)c1C#N. The van der Waals surface area contributed by atoms with Crippen LogP contribution < -0.4 is 0 Å². The molecule has 0 heterocycles.